The van der Waals surface area contributed by atoms with E-state index in [2.05, 4.69) is 25.9 Å². The number of carbonyl (C=O) groups excluding carboxylic acids is 1. The largest absolute Gasteiger partial charge is 0.397 e. The van der Waals surface area contributed by atoms with Gasteiger partial charge in [0, 0.05) is 17.7 Å². The highest BCUT2D eigenvalue weighted by Gasteiger charge is 2.17. The van der Waals surface area contributed by atoms with Crippen molar-refractivity contribution in [3.63, 3.8) is 0 Å². The lowest BCUT2D eigenvalue weighted by atomic mass is 10.2. The third kappa shape index (κ3) is 2.90. The summed E-state index contributed by atoms with van der Waals surface area (Å²) in [7, 11) is 1.66. The Kier molecular flexibility index (Phi) is 3.80. The minimum Gasteiger partial charge on any atom is -0.397 e. The predicted molar refractivity (Wildman–Crippen MR) is 78.1 cm³/mol. The lowest BCUT2D eigenvalue weighted by Gasteiger charge is -2.18. The highest BCUT2D eigenvalue weighted by atomic mass is 79.9. The van der Waals surface area contributed by atoms with E-state index in [0.29, 0.717) is 11.4 Å². The molecule has 0 atom stereocenters. The molecule has 0 unspecified atom stereocenters. The molecule has 98 valence electrons. The third-order valence-electron chi connectivity index (χ3n) is 2.66. The summed E-state index contributed by atoms with van der Waals surface area (Å²) in [5, 5.41) is 0. The molecular formula is C13H13BrN4O. The van der Waals surface area contributed by atoms with Gasteiger partial charge in [0.2, 0.25) is 0 Å². The van der Waals surface area contributed by atoms with Crippen LogP contribution in [0.4, 0.5) is 11.4 Å². The number of rotatable bonds is 2. The van der Waals surface area contributed by atoms with Crippen molar-refractivity contribution in [1.82, 2.24) is 9.97 Å². The van der Waals surface area contributed by atoms with E-state index >= 15 is 0 Å². The summed E-state index contributed by atoms with van der Waals surface area (Å²) in [5.41, 5.74) is 8.11. The number of hydrogen-bond acceptors (Lipinski definition) is 4. The van der Waals surface area contributed by atoms with Crippen LogP contribution < -0.4 is 10.6 Å². The summed E-state index contributed by atoms with van der Waals surface area (Å²) in [5.74, 6) is -0.249. The number of nitrogens with zero attached hydrogens (tertiary/aromatic N) is 3. The van der Waals surface area contributed by atoms with Crippen LogP contribution in [0.5, 0.6) is 0 Å². The zero-order valence-electron chi connectivity index (χ0n) is 10.6. The maximum Gasteiger partial charge on any atom is 0.278 e. The van der Waals surface area contributed by atoms with E-state index in [9.17, 15) is 4.79 Å². The number of nitrogens with two attached hydrogens (primary N) is 1. The topological polar surface area (TPSA) is 72.1 Å². The summed E-state index contributed by atoms with van der Waals surface area (Å²) < 4.78 is 0.865. The van der Waals surface area contributed by atoms with E-state index in [4.69, 9.17) is 5.73 Å². The van der Waals surface area contributed by atoms with Crippen LogP contribution >= 0.6 is 15.9 Å². The van der Waals surface area contributed by atoms with Gasteiger partial charge in [0.05, 0.1) is 23.3 Å². The molecule has 0 spiro atoms. The maximum absolute atomic E-state index is 12.2. The SMILES string of the molecule is Cc1cnc(C(=O)N(C)c2ccc(Br)cc2N)cn1. The summed E-state index contributed by atoms with van der Waals surface area (Å²) in [4.78, 5) is 21.8. The first-order valence-corrected chi connectivity index (χ1v) is 6.40. The molecule has 2 aromatic rings. The van der Waals surface area contributed by atoms with Crippen LogP contribution in [0.3, 0.4) is 0 Å². The van der Waals surface area contributed by atoms with E-state index in [-0.39, 0.29) is 11.6 Å². The van der Waals surface area contributed by atoms with Crippen LogP contribution in [0.1, 0.15) is 16.2 Å². The van der Waals surface area contributed by atoms with E-state index in [1.54, 1.807) is 25.4 Å². The Labute approximate surface area is 119 Å². The minimum absolute atomic E-state index is 0.249. The Morgan fingerprint density at radius 2 is 2.05 bits per heavy atom. The molecule has 1 aromatic carbocycles. The summed E-state index contributed by atoms with van der Waals surface area (Å²) in [6, 6.07) is 5.36. The standard InChI is InChI=1S/C13H13BrN4O/c1-8-6-17-11(7-16-8)13(19)18(2)12-4-3-9(14)5-10(12)15/h3-7H,15H2,1-2H3. The average molecular weight is 321 g/mol. The molecule has 0 aliphatic carbocycles. The molecule has 0 radical (unpaired) electrons. The summed E-state index contributed by atoms with van der Waals surface area (Å²) in [6.45, 7) is 1.82. The zero-order valence-corrected chi connectivity index (χ0v) is 12.2. The molecular weight excluding hydrogens is 308 g/mol. The van der Waals surface area contributed by atoms with Crippen molar-refractivity contribution < 1.29 is 4.79 Å². The monoisotopic (exact) mass is 320 g/mol. The van der Waals surface area contributed by atoms with Crippen molar-refractivity contribution in [2.75, 3.05) is 17.7 Å². The molecule has 6 heteroatoms. The van der Waals surface area contributed by atoms with Crippen molar-refractivity contribution >= 4 is 33.2 Å². The fraction of sp³-hybridized carbons (Fsp3) is 0.154. The van der Waals surface area contributed by atoms with Crippen LogP contribution in [0.25, 0.3) is 0 Å². The number of halogens is 1. The maximum atomic E-state index is 12.2. The van der Waals surface area contributed by atoms with Gasteiger partial charge in [-0.15, -0.1) is 0 Å². The number of hydrogen-bond donors (Lipinski definition) is 1. The van der Waals surface area contributed by atoms with E-state index in [1.165, 1.54) is 11.1 Å². The lowest BCUT2D eigenvalue weighted by Crippen LogP contribution is -2.28. The average Bonchev–Trinajstić information content (AvgIpc) is 2.38. The molecule has 0 saturated heterocycles. The Morgan fingerprint density at radius 1 is 1.32 bits per heavy atom. The first-order chi connectivity index (χ1) is 8.99. The number of aromatic nitrogens is 2. The second-order valence-corrected chi connectivity index (χ2v) is 5.03. The van der Waals surface area contributed by atoms with E-state index in [0.717, 1.165) is 10.2 Å². The van der Waals surface area contributed by atoms with Crippen molar-refractivity contribution in [3.8, 4) is 0 Å². The van der Waals surface area contributed by atoms with Crippen LogP contribution in [0.15, 0.2) is 35.1 Å². The highest BCUT2D eigenvalue weighted by Crippen LogP contribution is 2.26. The molecule has 1 aromatic heterocycles. The number of anilines is 2. The van der Waals surface area contributed by atoms with Gasteiger partial charge in [-0.3, -0.25) is 9.78 Å². The number of carbonyl (C=O) groups is 1. The second-order valence-electron chi connectivity index (χ2n) is 4.11. The van der Waals surface area contributed by atoms with Gasteiger partial charge in [-0.1, -0.05) is 15.9 Å². The van der Waals surface area contributed by atoms with Crippen molar-refractivity contribution in [1.29, 1.82) is 0 Å². The van der Waals surface area contributed by atoms with Gasteiger partial charge >= 0.3 is 0 Å². The van der Waals surface area contributed by atoms with Gasteiger partial charge in [0.15, 0.2) is 0 Å². The first-order valence-electron chi connectivity index (χ1n) is 5.61. The lowest BCUT2D eigenvalue weighted by molar-refractivity contribution is 0.0988. The van der Waals surface area contributed by atoms with Crippen molar-refractivity contribution in [2.24, 2.45) is 0 Å². The van der Waals surface area contributed by atoms with Gasteiger partial charge in [-0.25, -0.2) is 4.98 Å². The molecule has 0 aliphatic rings. The van der Waals surface area contributed by atoms with Crippen molar-refractivity contribution in [3.05, 3.63) is 46.5 Å². The minimum atomic E-state index is -0.249. The molecule has 1 amide bonds. The van der Waals surface area contributed by atoms with Crippen LogP contribution in [0, 0.1) is 6.92 Å². The van der Waals surface area contributed by atoms with Gasteiger partial charge < -0.3 is 10.6 Å². The molecule has 0 bridgehead atoms. The normalized spacial score (nSPS) is 10.3. The number of benzene rings is 1. The number of amides is 1. The quantitative estimate of drug-likeness (QED) is 0.862. The van der Waals surface area contributed by atoms with E-state index < -0.39 is 0 Å². The van der Waals surface area contributed by atoms with Crippen LogP contribution in [-0.4, -0.2) is 22.9 Å². The zero-order chi connectivity index (χ0) is 14.0. The van der Waals surface area contributed by atoms with E-state index in [1.807, 2.05) is 13.0 Å². The van der Waals surface area contributed by atoms with Gasteiger partial charge in [0.1, 0.15) is 5.69 Å². The smallest absolute Gasteiger partial charge is 0.278 e. The fourth-order valence-corrected chi connectivity index (χ4v) is 1.99. The van der Waals surface area contributed by atoms with Gasteiger partial charge in [0.25, 0.3) is 5.91 Å². The predicted octanol–water partition coefficient (Wildman–Crippen LogP) is 2.41. The third-order valence-corrected chi connectivity index (χ3v) is 3.15. The molecule has 0 saturated carbocycles. The van der Waals surface area contributed by atoms with Crippen molar-refractivity contribution in [2.45, 2.75) is 6.92 Å². The Morgan fingerprint density at radius 3 is 2.63 bits per heavy atom. The first kappa shape index (κ1) is 13.5. The molecule has 0 fully saturated rings. The molecule has 19 heavy (non-hydrogen) atoms. The fourth-order valence-electron chi connectivity index (χ4n) is 1.62. The molecule has 5 nitrogen and oxygen atoms in total. The van der Waals surface area contributed by atoms with Crippen LogP contribution in [-0.2, 0) is 0 Å². The molecule has 2 N–H and O–H groups in total. The van der Waals surface area contributed by atoms with Gasteiger partial charge in [-0.05, 0) is 25.1 Å². The van der Waals surface area contributed by atoms with Crippen LogP contribution in [0.2, 0.25) is 0 Å². The summed E-state index contributed by atoms with van der Waals surface area (Å²) in [6.07, 6.45) is 3.02. The second kappa shape index (κ2) is 5.36. The number of aryl methyl sites for hydroxylation is 1. The summed E-state index contributed by atoms with van der Waals surface area (Å²) >= 11 is 3.33. The Hall–Kier alpha value is -1.95. The number of nitrogen functional groups attached to an aromatic ring is 1. The molecule has 2 rings (SSSR count). The molecule has 0 aliphatic heterocycles. The van der Waals surface area contributed by atoms with Gasteiger partial charge in [-0.2, -0.15) is 0 Å². The molecule has 1 heterocycles. The highest BCUT2D eigenvalue weighted by molar-refractivity contribution is 9.10. The Bertz CT molecular complexity index is 613. The Balaban J connectivity index is 2.30.